The highest BCUT2D eigenvalue weighted by Crippen LogP contribution is 2.22. The Morgan fingerprint density at radius 1 is 1.29 bits per heavy atom. The third-order valence-corrected chi connectivity index (χ3v) is 3.83. The van der Waals surface area contributed by atoms with Gasteiger partial charge in [-0.2, -0.15) is 0 Å². The zero-order valence-corrected chi connectivity index (χ0v) is 12.3. The fourth-order valence-electron chi connectivity index (χ4n) is 2.54. The molecule has 0 radical (unpaired) electrons. The molecule has 1 aromatic carbocycles. The number of anilines is 1. The summed E-state index contributed by atoms with van der Waals surface area (Å²) in [6.45, 7) is 1.24. The van der Waals surface area contributed by atoms with Crippen LogP contribution in [0.25, 0.3) is 0 Å². The molecule has 1 fully saturated rings. The highest BCUT2D eigenvalue weighted by Gasteiger charge is 2.26. The van der Waals surface area contributed by atoms with E-state index in [0.717, 1.165) is 12.8 Å². The number of nitrogens with zero attached hydrogens (tertiary/aromatic N) is 2. The maximum absolute atomic E-state index is 12.5. The third-order valence-electron chi connectivity index (χ3n) is 3.83. The molecule has 114 valence electrons. The van der Waals surface area contributed by atoms with Crippen molar-refractivity contribution >= 4 is 17.7 Å². The third kappa shape index (κ3) is 3.33. The highest BCUT2D eigenvalue weighted by molar-refractivity contribution is 6.01. The number of para-hydroxylation sites is 1. The van der Waals surface area contributed by atoms with E-state index in [1.54, 1.807) is 37.3 Å². The van der Waals surface area contributed by atoms with Crippen molar-refractivity contribution in [2.75, 3.05) is 32.1 Å². The van der Waals surface area contributed by atoms with Gasteiger partial charge in [-0.15, -0.1) is 0 Å². The number of methoxy groups -OCH3 is 1. The SMILES string of the molecule is COC1CCN(C(=O)N(C)c2ccccc2C(=O)O)CC1. The van der Waals surface area contributed by atoms with E-state index in [-0.39, 0.29) is 17.7 Å². The van der Waals surface area contributed by atoms with Gasteiger partial charge in [-0.3, -0.25) is 4.90 Å². The normalized spacial score (nSPS) is 15.8. The summed E-state index contributed by atoms with van der Waals surface area (Å²) in [5, 5.41) is 9.21. The lowest BCUT2D eigenvalue weighted by atomic mass is 10.1. The number of hydrogen-bond acceptors (Lipinski definition) is 3. The number of aromatic carboxylic acids is 1. The van der Waals surface area contributed by atoms with Crippen molar-refractivity contribution in [1.82, 2.24) is 4.90 Å². The summed E-state index contributed by atoms with van der Waals surface area (Å²) in [6, 6.07) is 6.33. The molecular weight excluding hydrogens is 272 g/mol. The number of amides is 2. The van der Waals surface area contributed by atoms with Crippen LogP contribution in [0.5, 0.6) is 0 Å². The molecule has 0 spiro atoms. The maximum atomic E-state index is 12.5. The number of carbonyl (C=O) groups excluding carboxylic acids is 1. The first kappa shape index (κ1) is 15.3. The summed E-state index contributed by atoms with van der Waals surface area (Å²) >= 11 is 0. The molecule has 21 heavy (non-hydrogen) atoms. The van der Waals surface area contributed by atoms with Crippen molar-refractivity contribution in [2.24, 2.45) is 0 Å². The number of hydrogen-bond donors (Lipinski definition) is 1. The first-order valence-electron chi connectivity index (χ1n) is 6.92. The monoisotopic (exact) mass is 292 g/mol. The topological polar surface area (TPSA) is 70.1 Å². The molecule has 0 aromatic heterocycles. The number of likely N-dealkylation sites (tertiary alicyclic amines) is 1. The smallest absolute Gasteiger partial charge is 0.337 e. The molecule has 0 saturated carbocycles. The Bertz CT molecular complexity index is 524. The minimum absolute atomic E-state index is 0.125. The first-order chi connectivity index (χ1) is 10.0. The van der Waals surface area contributed by atoms with Gasteiger partial charge in [-0.25, -0.2) is 9.59 Å². The summed E-state index contributed by atoms with van der Waals surface area (Å²) in [5.74, 6) is -1.04. The molecule has 6 heteroatoms. The largest absolute Gasteiger partial charge is 0.478 e. The van der Waals surface area contributed by atoms with Crippen LogP contribution in [-0.4, -0.2) is 55.4 Å². The van der Waals surface area contributed by atoms with Gasteiger partial charge in [0, 0.05) is 27.2 Å². The van der Waals surface area contributed by atoms with E-state index in [1.807, 2.05) is 0 Å². The predicted octanol–water partition coefficient (Wildman–Crippen LogP) is 2.05. The van der Waals surface area contributed by atoms with Crippen LogP contribution >= 0.6 is 0 Å². The average molecular weight is 292 g/mol. The second-order valence-electron chi connectivity index (χ2n) is 5.09. The number of ether oxygens (including phenoxy) is 1. The highest BCUT2D eigenvalue weighted by atomic mass is 16.5. The molecule has 0 bridgehead atoms. The van der Waals surface area contributed by atoms with E-state index in [1.165, 1.54) is 11.0 Å². The van der Waals surface area contributed by atoms with Gasteiger partial charge in [0.1, 0.15) is 0 Å². The van der Waals surface area contributed by atoms with Crippen molar-refractivity contribution in [3.63, 3.8) is 0 Å². The molecule has 1 aliphatic heterocycles. The summed E-state index contributed by atoms with van der Waals surface area (Å²) in [7, 11) is 3.28. The number of benzene rings is 1. The van der Waals surface area contributed by atoms with Gasteiger partial charge >= 0.3 is 12.0 Å². The van der Waals surface area contributed by atoms with E-state index in [0.29, 0.717) is 18.8 Å². The Kier molecular flexibility index (Phi) is 4.80. The van der Waals surface area contributed by atoms with Crippen molar-refractivity contribution in [3.8, 4) is 0 Å². The summed E-state index contributed by atoms with van der Waals surface area (Å²) < 4.78 is 5.29. The fourth-order valence-corrected chi connectivity index (χ4v) is 2.54. The second kappa shape index (κ2) is 6.58. The Labute approximate surface area is 123 Å². The van der Waals surface area contributed by atoms with Crippen molar-refractivity contribution in [3.05, 3.63) is 29.8 Å². The molecule has 0 atom stereocenters. The Morgan fingerprint density at radius 3 is 2.48 bits per heavy atom. The Morgan fingerprint density at radius 2 is 1.90 bits per heavy atom. The van der Waals surface area contributed by atoms with Crippen molar-refractivity contribution in [1.29, 1.82) is 0 Å². The van der Waals surface area contributed by atoms with Gasteiger partial charge in [-0.1, -0.05) is 12.1 Å². The zero-order valence-electron chi connectivity index (χ0n) is 12.3. The number of carboxylic acid groups (broad SMARTS) is 1. The number of piperidine rings is 1. The van der Waals surface area contributed by atoms with Crippen molar-refractivity contribution in [2.45, 2.75) is 18.9 Å². The quantitative estimate of drug-likeness (QED) is 0.925. The standard InChI is InChI=1S/C15H20N2O4/c1-16(13-6-4-3-5-12(13)14(18)19)15(20)17-9-7-11(21-2)8-10-17/h3-6,11H,7-10H2,1-2H3,(H,18,19). The number of carboxylic acids is 1. The van der Waals surface area contributed by atoms with E-state index < -0.39 is 5.97 Å². The van der Waals surface area contributed by atoms with Crippen LogP contribution in [0.15, 0.2) is 24.3 Å². The summed E-state index contributed by atoms with van der Waals surface area (Å²) in [5.41, 5.74) is 0.531. The van der Waals surface area contributed by atoms with E-state index in [2.05, 4.69) is 0 Å². The Balaban J connectivity index is 2.11. The van der Waals surface area contributed by atoms with Gasteiger partial charge in [0.15, 0.2) is 0 Å². The van der Waals surface area contributed by atoms with Gasteiger partial charge in [-0.05, 0) is 25.0 Å². The van der Waals surface area contributed by atoms with Gasteiger partial charge in [0.25, 0.3) is 0 Å². The van der Waals surface area contributed by atoms with Gasteiger partial charge in [0.05, 0.1) is 17.4 Å². The van der Waals surface area contributed by atoms with Gasteiger partial charge < -0.3 is 14.7 Å². The molecule has 1 aromatic rings. The molecule has 1 N–H and O–H groups in total. The summed E-state index contributed by atoms with van der Waals surface area (Å²) in [4.78, 5) is 26.9. The minimum Gasteiger partial charge on any atom is -0.478 e. The first-order valence-corrected chi connectivity index (χ1v) is 6.92. The minimum atomic E-state index is -1.04. The molecule has 0 unspecified atom stereocenters. The second-order valence-corrected chi connectivity index (χ2v) is 5.09. The Hall–Kier alpha value is -2.08. The number of urea groups is 1. The van der Waals surface area contributed by atoms with E-state index in [4.69, 9.17) is 4.74 Å². The molecule has 0 aliphatic carbocycles. The molecular formula is C15H20N2O4. The van der Waals surface area contributed by atoms with E-state index >= 15 is 0 Å². The lowest BCUT2D eigenvalue weighted by Gasteiger charge is -2.34. The summed E-state index contributed by atoms with van der Waals surface area (Å²) in [6.07, 6.45) is 1.80. The van der Waals surface area contributed by atoms with Gasteiger partial charge in [0.2, 0.25) is 0 Å². The van der Waals surface area contributed by atoms with Crippen LogP contribution in [0.4, 0.5) is 10.5 Å². The van der Waals surface area contributed by atoms with Crippen LogP contribution < -0.4 is 4.90 Å². The van der Waals surface area contributed by atoms with Crippen molar-refractivity contribution < 1.29 is 19.4 Å². The molecule has 2 rings (SSSR count). The van der Waals surface area contributed by atoms with Crippen LogP contribution in [-0.2, 0) is 4.74 Å². The lowest BCUT2D eigenvalue weighted by molar-refractivity contribution is 0.0514. The molecule has 1 heterocycles. The van der Waals surface area contributed by atoms with Crippen LogP contribution in [0.1, 0.15) is 23.2 Å². The van der Waals surface area contributed by atoms with E-state index in [9.17, 15) is 14.7 Å². The maximum Gasteiger partial charge on any atom is 0.337 e. The number of carbonyl (C=O) groups is 2. The molecule has 1 aliphatic rings. The molecule has 6 nitrogen and oxygen atoms in total. The number of rotatable bonds is 3. The molecule has 1 saturated heterocycles. The average Bonchev–Trinajstić information content (AvgIpc) is 2.53. The van der Waals surface area contributed by atoms with Crippen LogP contribution in [0.2, 0.25) is 0 Å². The van der Waals surface area contributed by atoms with Crippen LogP contribution in [0.3, 0.4) is 0 Å². The lowest BCUT2D eigenvalue weighted by Crippen LogP contribution is -2.46. The zero-order chi connectivity index (χ0) is 15.4. The fraction of sp³-hybridized carbons (Fsp3) is 0.467. The molecule has 2 amide bonds. The predicted molar refractivity (Wildman–Crippen MR) is 78.8 cm³/mol. The van der Waals surface area contributed by atoms with Crippen LogP contribution in [0, 0.1) is 0 Å².